The van der Waals surface area contributed by atoms with E-state index in [0.717, 1.165) is 22.6 Å². The molecule has 146 valence electrons. The molecular formula is C21H19N5O3. The average molecular weight is 389 g/mol. The number of aromatic nitrogens is 5. The van der Waals surface area contributed by atoms with E-state index >= 15 is 0 Å². The summed E-state index contributed by atoms with van der Waals surface area (Å²) in [7, 11) is 1.65. The first-order chi connectivity index (χ1) is 14.2. The van der Waals surface area contributed by atoms with E-state index in [1.54, 1.807) is 7.11 Å². The molecule has 2 aromatic carbocycles. The molecule has 0 radical (unpaired) electrons. The molecule has 0 saturated heterocycles. The normalized spacial score (nSPS) is 15.9. The van der Waals surface area contributed by atoms with E-state index in [1.165, 1.54) is 5.56 Å². The maximum Gasteiger partial charge on any atom is 0.280 e. The van der Waals surface area contributed by atoms with Gasteiger partial charge in [-0.15, -0.1) is 5.10 Å². The van der Waals surface area contributed by atoms with Crippen molar-refractivity contribution in [3.05, 3.63) is 65.4 Å². The molecule has 1 unspecified atom stereocenters. The SMILES string of the molecule is COc1cccc(C2Cn3nnc(-c4nc(-c5ccc(C)cc5)no4)c3CO2)c1. The lowest BCUT2D eigenvalue weighted by Gasteiger charge is -2.24. The van der Waals surface area contributed by atoms with Crippen molar-refractivity contribution in [2.24, 2.45) is 0 Å². The molecule has 8 heteroatoms. The third-order valence-electron chi connectivity index (χ3n) is 5.00. The van der Waals surface area contributed by atoms with Crippen molar-refractivity contribution >= 4 is 0 Å². The summed E-state index contributed by atoms with van der Waals surface area (Å²) in [4.78, 5) is 4.49. The summed E-state index contributed by atoms with van der Waals surface area (Å²) in [5, 5.41) is 12.6. The highest BCUT2D eigenvalue weighted by atomic mass is 16.5. The van der Waals surface area contributed by atoms with E-state index in [-0.39, 0.29) is 6.10 Å². The molecule has 0 N–H and O–H groups in total. The van der Waals surface area contributed by atoms with E-state index in [9.17, 15) is 0 Å². The van der Waals surface area contributed by atoms with Crippen molar-refractivity contribution in [3.63, 3.8) is 0 Å². The van der Waals surface area contributed by atoms with Gasteiger partial charge < -0.3 is 14.0 Å². The number of nitrogens with zero attached hydrogens (tertiary/aromatic N) is 5. The molecule has 3 heterocycles. The molecule has 0 fully saturated rings. The highest BCUT2D eigenvalue weighted by Crippen LogP contribution is 2.32. The first kappa shape index (κ1) is 17.6. The maximum atomic E-state index is 6.07. The van der Waals surface area contributed by atoms with Crippen LogP contribution in [-0.4, -0.2) is 32.2 Å². The van der Waals surface area contributed by atoms with Gasteiger partial charge in [0.15, 0.2) is 5.69 Å². The zero-order valence-corrected chi connectivity index (χ0v) is 16.1. The third-order valence-corrected chi connectivity index (χ3v) is 5.00. The maximum absolute atomic E-state index is 6.07. The van der Waals surface area contributed by atoms with Crippen LogP contribution in [0.15, 0.2) is 53.1 Å². The summed E-state index contributed by atoms with van der Waals surface area (Å²) >= 11 is 0. The molecule has 0 bridgehead atoms. The zero-order valence-electron chi connectivity index (χ0n) is 16.1. The van der Waals surface area contributed by atoms with Crippen molar-refractivity contribution in [1.82, 2.24) is 25.1 Å². The van der Waals surface area contributed by atoms with Gasteiger partial charge in [-0.3, -0.25) is 0 Å². The van der Waals surface area contributed by atoms with Crippen LogP contribution in [0.25, 0.3) is 23.0 Å². The van der Waals surface area contributed by atoms with Crippen LogP contribution in [0.2, 0.25) is 0 Å². The Bertz CT molecular complexity index is 1150. The number of methoxy groups -OCH3 is 1. The highest BCUT2D eigenvalue weighted by Gasteiger charge is 2.28. The molecule has 2 aromatic heterocycles. The van der Waals surface area contributed by atoms with Gasteiger partial charge in [0.25, 0.3) is 5.89 Å². The van der Waals surface area contributed by atoms with Crippen LogP contribution >= 0.6 is 0 Å². The number of aryl methyl sites for hydroxylation is 1. The molecule has 0 spiro atoms. The molecule has 5 rings (SSSR count). The summed E-state index contributed by atoms with van der Waals surface area (Å²) in [5.41, 5.74) is 4.48. The molecule has 1 atom stereocenters. The Hall–Kier alpha value is -3.52. The largest absolute Gasteiger partial charge is 0.497 e. The van der Waals surface area contributed by atoms with Gasteiger partial charge in [0, 0.05) is 5.56 Å². The fourth-order valence-electron chi connectivity index (χ4n) is 3.36. The molecule has 1 aliphatic rings. The second-order valence-corrected chi connectivity index (χ2v) is 6.93. The van der Waals surface area contributed by atoms with Gasteiger partial charge in [-0.1, -0.05) is 52.3 Å². The van der Waals surface area contributed by atoms with Crippen LogP contribution in [0, 0.1) is 6.92 Å². The summed E-state index contributed by atoms with van der Waals surface area (Å²) in [6.45, 7) is 2.94. The lowest BCUT2D eigenvalue weighted by molar-refractivity contribution is -0.00127. The number of ether oxygens (including phenoxy) is 2. The average Bonchev–Trinajstić information content (AvgIpc) is 3.41. The minimum absolute atomic E-state index is 0.127. The van der Waals surface area contributed by atoms with Crippen LogP contribution in [0.3, 0.4) is 0 Å². The smallest absolute Gasteiger partial charge is 0.280 e. The zero-order chi connectivity index (χ0) is 19.8. The predicted octanol–water partition coefficient (Wildman–Crippen LogP) is 3.58. The number of hydrogen-bond acceptors (Lipinski definition) is 7. The Labute approximate surface area is 167 Å². The Morgan fingerprint density at radius 1 is 1.14 bits per heavy atom. The Balaban J connectivity index is 1.40. The van der Waals surface area contributed by atoms with Crippen molar-refractivity contribution in [2.75, 3.05) is 7.11 Å². The quantitative estimate of drug-likeness (QED) is 0.527. The lowest BCUT2D eigenvalue weighted by Crippen LogP contribution is -2.22. The molecule has 8 nitrogen and oxygen atoms in total. The fraction of sp³-hybridized carbons (Fsp3) is 0.238. The molecule has 0 saturated carbocycles. The van der Waals surface area contributed by atoms with Crippen LogP contribution in [0.1, 0.15) is 22.9 Å². The molecule has 29 heavy (non-hydrogen) atoms. The second-order valence-electron chi connectivity index (χ2n) is 6.93. The first-order valence-electron chi connectivity index (χ1n) is 9.30. The Kier molecular flexibility index (Phi) is 4.33. The van der Waals surface area contributed by atoms with Gasteiger partial charge in [0.05, 0.1) is 26.0 Å². The summed E-state index contributed by atoms with van der Waals surface area (Å²) in [6.07, 6.45) is -0.127. The molecule has 0 amide bonds. The monoisotopic (exact) mass is 389 g/mol. The van der Waals surface area contributed by atoms with Crippen molar-refractivity contribution < 1.29 is 14.0 Å². The summed E-state index contributed by atoms with van der Waals surface area (Å²) in [5.74, 6) is 1.66. The molecule has 4 aromatic rings. The van der Waals surface area contributed by atoms with E-state index in [0.29, 0.717) is 30.6 Å². The first-order valence-corrected chi connectivity index (χ1v) is 9.30. The number of fused-ring (bicyclic) bond motifs is 1. The van der Waals surface area contributed by atoms with Crippen LogP contribution in [-0.2, 0) is 17.9 Å². The number of rotatable bonds is 4. The van der Waals surface area contributed by atoms with Crippen LogP contribution in [0.4, 0.5) is 0 Å². The number of hydrogen-bond donors (Lipinski definition) is 0. The van der Waals surface area contributed by atoms with Gasteiger partial charge in [-0.05, 0) is 24.6 Å². The van der Waals surface area contributed by atoms with E-state index in [4.69, 9.17) is 14.0 Å². The lowest BCUT2D eigenvalue weighted by atomic mass is 10.1. The van der Waals surface area contributed by atoms with Crippen molar-refractivity contribution in [2.45, 2.75) is 26.2 Å². The van der Waals surface area contributed by atoms with Gasteiger partial charge in [0.1, 0.15) is 11.9 Å². The Morgan fingerprint density at radius 3 is 2.83 bits per heavy atom. The number of benzene rings is 2. The summed E-state index contributed by atoms with van der Waals surface area (Å²) in [6, 6.07) is 15.8. The van der Waals surface area contributed by atoms with Gasteiger partial charge in [0.2, 0.25) is 5.82 Å². The second kappa shape index (κ2) is 7.14. The van der Waals surface area contributed by atoms with E-state index in [2.05, 4.69) is 20.5 Å². The fourth-order valence-corrected chi connectivity index (χ4v) is 3.36. The third kappa shape index (κ3) is 3.27. The van der Waals surface area contributed by atoms with E-state index in [1.807, 2.05) is 60.1 Å². The predicted molar refractivity (Wildman–Crippen MR) is 104 cm³/mol. The van der Waals surface area contributed by atoms with Crippen LogP contribution in [0.5, 0.6) is 5.75 Å². The standard InChI is InChI=1S/C21H19N5O3/c1-13-6-8-14(9-7-13)20-22-21(29-24-20)19-17-12-28-18(11-26(17)25-23-19)15-4-3-5-16(10-15)27-2/h3-10,18H,11-12H2,1-2H3. The van der Waals surface area contributed by atoms with Crippen molar-refractivity contribution in [3.8, 4) is 28.7 Å². The van der Waals surface area contributed by atoms with Gasteiger partial charge in [-0.2, -0.15) is 4.98 Å². The molecular weight excluding hydrogens is 370 g/mol. The van der Waals surface area contributed by atoms with Gasteiger partial charge >= 0.3 is 0 Å². The van der Waals surface area contributed by atoms with Gasteiger partial charge in [-0.25, -0.2) is 4.68 Å². The van der Waals surface area contributed by atoms with Crippen LogP contribution < -0.4 is 4.74 Å². The molecule has 1 aliphatic heterocycles. The molecule has 0 aliphatic carbocycles. The summed E-state index contributed by atoms with van der Waals surface area (Å²) < 4.78 is 18.7. The Morgan fingerprint density at radius 2 is 2.00 bits per heavy atom. The van der Waals surface area contributed by atoms with Crippen molar-refractivity contribution in [1.29, 1.82) is 0 Å². The minimum atomic E-state index is -0.127. The van der Waals surface area contributed by atoms with E-state index < -0.39 is 0 Å². The minimum Gasteiger partial charge on any atom is -0.497 e. The highest BCUT2D eigenvalue weighted by molar-refractivity contribution is 5.59. The topological polar surface area (TPSA) is 88.1 Å².